The minimum atomic E-state index is -0.368. The van der Waals surface area contributed by atoms with E-state index in [0.717, 1.165) is 66.7 Å². The van der Waals surface area contributed by atoms with Gasteiger partial charge in [-0.25, -0.2) is 0 Å². The summed E-state index contributed by atoms with van der Waals surface area (Å²) >= 11 is 0. The molecule has 0 radical (unpaired) electrons. The maximum absolute atomic E-state index is 11.1. The number of benzene rings is 5. The van der Waals surface area contributed by atoms with Gasteiger partial charge in [0.05, 0.1) is 11.2 Å². The van der Waals surface area contributed by atoms with Crippen molar-refractivity contribution >= 4 is 21.9 Å². The normalized spacial score (nSPS) is 11.5. The number of hydrogen-bond acceptors (Lipinski definition) is 3. The first-order valence-corrected chi connectivity index (χ1v) is 15.8. The zero-order valence-corrected chi connectivity index (χ0v) is 28.8. The Labute approximate surface area is 294 Å². The molecule has 0 unspecified atom stereocenters. The third-order valence-corrected chi connectivity index (χ3v) is 9.09. The Morgan fingerprint density at radius 2 is 1.35 bits per heavy atom. The Bertz CT molecular complexity index is 2380. The Kier molecular flexibility index (Phi) is 8.29. The van der Waals surface area contributed by atoms with Crippen molar-refractivity contribution < 1.29 is 26.2 Å². The Hall–Kier alpha value is -5.31. The summed E-state index contributed by atoms with van der Waals surface area (Å²) in [6.45, 7) is 4.36. The Morgan fingerprint density at radius 1 is 0.646 bits per heavy atom. The standard InChI is InChI=1S/C43H32N3O.Pt/c1-43(2,40-22-11-12-25-44-40)33-19-13-18-32(26-33)41-34(30-16-7-4-8-17-30)28-36-35-27-31(29-14-5-3-6-15-29)23-24-37(35)46(42(36)45-41)38-20-9-10-21-39(38)47;/h3-25,27-28,47H,1-2H3;/q-1;. The van der Waals surface area contributed by atoms with Crippen molar-refractivity contribution in [1.29, 1.82) is 0 Å². The summed E-state index contributed by atoms with van der Waals surface area (Å²) in [5, 5.41) is 13.2. The van der Waals surface area contributed by atoms with Gasteiger partial charge in [0.15, 0.2) is 0 Å². The van der Waals surface area contributed by atoms with Gasteiger partial charge >= 0.3 is 0 Å². The maximum Gasteiger partial charge on any atom is 0.139 e. The molecule has 0 fully saturated rings. The van der Waals surface area contributed by atoms with E-state index in [1.807, 2.05) is 48.7 Å². The van der Waals surface area contributed by atoms with E-state index in [9.17, 15) is 5.11 Å². The summed E-state index contributed by atoms with van der Waals surface area (Å²) in [7, 11) is 0. The summed E-state index contributed by atoms with van der Waals surface area (Å²) in [6, 6.07) is 53.1. The first-order chi connectivity index (χ1) is 23.0. The third-order valence-electron chi connectivity index (χ3n) is 9.09. The van der Waals surface area contributed by atoms with E-state index in [4.69, 9.17) is 4.98 Å². The molecule has 0 atom stereocenters. The van der Waals surface area contributed by atoms with Crippen LogP contribution in [-0.2, 0) is 26.5 Å². The molecule has 0 amide bonds. The summed E-state index contributed by atoms with van der Waals surface area (Å²) in [4.78, 5) is 10.2. The van der Waals surface area contributed by atoms with Gasteiger partial charge < -0.3 is 5.11 Å². The van der Waals surface area contributed by atoms with E-state index < -0.39 is 0 Å². The number of aromatic nitrogens is 3. The van der Waals surface area contributed by atoms with E-state index in [-0.39, 0.29) is 32.2 Å². The summed E-state index contributed by atoms with van der Waals surface area (Å²) < 4.78 is 2.08. The smallest absolute Gasteiger partial charge is 0.139 e. The summed E-state index contributed by atoms with van der Waals surface area (Å²) in [5.74, 6) is 0.194. The molecular weight excluding hydrogens is 770 g/mol. The second-order valence-corrected chi connectivity index (χ2v) is 12.4. The summed E-state index contributed by atoms with van der Waals surface area (Å²) in [5.41, 5.74) is 10.1. The fourth-order valence-corrected chi connectivity index (χ4v) is 6.53. The molecule has 236 valence electrons. The van der Waals surface area contributed by atoms with Gasteiger partial charge in [-0.1, -0.05) is 98.8 Å². The molecule has 8 aromatic rings. The average molecular weight is 802 g/mol. The number of fused-ring (bicyclic) bond motifs is 3. The van der Waals surface area contributed by atoms with Crippen LogP contribution in [0.5, 0.6) is 5.75 Å². The molecule has 5 aromatic carbocycles. The van der Waals surface area contributed by atoms with Crippen LogP contribution in [0.4, 0.5) is 0 Å². The Balaban J connectivity index is 0.00000364. The van der Waals surface area contributed by atoms with Gasteiger partial charge in [0.25, 0.3) is 0 Å². The predicted octanol–water partition coefficient (Wildman–Crippen LogP) is 10.4. The SMILES string of the molecule is CC(C)(c1[c-]c(-c2nc3c(cc2-c2ccccc2)c2cc(-c4ccccc4)ccc2n3-c2ccccc2O)ccc1)c1ccccn1.[Pt]. The molecule has 0 aliphatic carbocycles. The first kappa shape index (κ1) is 31.3. The molecule has 0 saturated carbocycles. The second kappa shape index (κ2) is 12.7. The van der Waals surface area contributed by atoms with Crippen LogP contribution >= 0.6 is 0 Å². The Morgan fingerprint density at radius 3 is 2.08 bits per heavy atom. The van der Waals surface area contributed by atoms with E-state index in [0.29, 0.717) is 5.69 Å². The zero-order chi connectivity index (χ0) is 32.0. The van der Waals surface area contributed by atoms with Gasteiger partial charge in [0.1, 0.15) is 11.4 Å². The minimum absolute atomic E-state index is 0. The number of hydrogen-bond donors (Lipinski definition) is 1. The van der Waals surface area contributed by atoms with Crippen LogP contribution in [0.3, 0.4) is 0 Å². The van der Waals surface area contributed by atoms with Crippen LogP contribution in [-0.4, -0.2) is 19.6 Å². The van der Waals surface area contributed by atoms with Crippen LogP contribution < -0.4 is 0 Å². The van der Waals surface area contributed by atoms with Crippen molar-refractivity contribution in [2.75, 3.05) is 0 Å². The number of pyridine rings is 2. The van der Waals surface area contributed by atoms with Crippen molar-refractivity contribution in [3.05, 3.63) is 169 Å². The van der Waals surface area contributed by atoms with E-state index >= 15 is 0 Å². The monoisotopic (exact) mass is 801 g/mol. The van der Waals surface area contributed by atoms with E-state index in [1.54, 1.807) is 6.07 Å². The molecule has 0 spiro atoms. The molecule has 5 heteroatoms. The molecule has 0 saturated heterocycles. The van der Waals surface area contributed by atoms with Crippen LogP contribution in [0.1, 0.15) is 25.1 Å². The second-order valence-electron chi connectivity index (χ2n) is 12.4. The minimum Gasteiger partial charge on any atom is -0.506 e. The molecule has 48 heavy (non-hydrogen) atoms. The van der Waals surface area contributed by atoms with Crippen molar-refractivity contribution in [3.63, 3.8) is 0 Å². The van der Waals surface area contributed by atoms with E-state index in [1.165, 1.54) is 0 Å². The number of phenolic OH excluding ortho intramolecular Hbond substituents is 1. The van der Waals surface area contributed by atoms with Gasteiger partial charge in [0.2, 0.25) is 0 Å². The average Bonchev–Trinajstić information content (AvgIpc) is 3.45. The van der Waals surface area contributed by atoms with Crippen LogP contribution in [0.25, 0.3) is 61.1 Å². The van der Waals surface area contributed by atoms with Gasteiger partial charge in [-0.05, 0) is 70.4 Å². The molecule has 8 rings (SSSR count). The molecule has 3 heterocycles. The van der Waals surface area contributed by atoms with Crippen LogP contribution in [0.15, 0.2) is 152 Å². The molecular formula is C43H32N3OPt-. The largest absolute Gasteiger partial charge is 0.506 e. The number of phenols is 1. The van der Waals surface area contributed by atoms with Gasteiger partial charge in [-0.3, -0.25) is 14.5 Å². The summed E-state index contributed by atoms with van der Waals surface area (Å²) in [6.07, 6.45) is 1.84. The van der Waals surface area contributed by atoms with Crippen molar-refractivity contribution in [2.24, 2.45) is 0 Å². The van der Waals surface area contributed by atoms with Crippen molar-refractivity contribution in [1.82, 2.24) is 14.5 Å². The topological polar surface area (TPSA) is 50.9 Å². The van der Waals surface area contributed by atoms with E-state index in [2.05, 4.69) is 127 Å². The van der Waals surface area contributed by atoms with Crippen molar-refractivity contribution in [2.45, 2.75) is 19.3 Å². The fraction of sp³-hybridized carbons (Fsp3) is 0.0698. The van der Waals surface area contributed by atoms with Crippen LogP contribution in [0.2, 0.25) is 0 Å². The molecule has 0 aliphatic heterocycles. The fourth-order valence-electron chi connectivity index (χ4n) is 6.53. The first-order valence-electron chi connectivity index (χ1n) is 15.8. The van der Waals surface area contributed by atoms with Crippen LogP contribution in [0, 0.1) is 6.07 Å². The molecule has 3 aromatic heterocycles. The molecule has 4 nitrogen and oxygen atoms in total. The number of aromatic hydroxyl groups is 1. The number of para-hydroxylation sites is 2. The molecule has 0 bridgehead atoms. The predicted molar refractivity (Wildman–Crippen MR) is 192 cm³/mol. The van der Waals surface area contributed by atoms with Gasteiger partial charge in [0, 0.05) is 49.1 Å². The zero-order valence-electron chi connectivity index (χ0n) is 26.5. The quantitative estimate of drug-likeness (QED) is 0.170. The number of nitrogens with zero attached hydrogens (tertiary/aromatic N) is 3. The third kappa shape index (κ3) is 5.43. The van der Waals surface area contributed by atoms with Crippen molar-refractivity contribution in [3.8, 4) is 44.9 Å². The maximum atomic E-state index is 11.1. The molecule has 1 N–H and O–H groups in total. The van der Waals surface area contributed by atoms with Gasteiger partial charge in [-0.2, -0.15) is 0 Å². The van der Waals surface area contributed by atoms with Gasteiger partial charge in [-0.15, -0.1) is 35.4 Å². The number of rotatable bonds is 6. The molecule has 0 aliphatic rings.